The van der Waals surface area contributed by atoms with Gasteiger partial charge in [-0.25, -0.2) is 9.79 Å². The summed E-state index contributed by atoms with van der Waals surface area (Å²) in [5.74, 6) is -0.104. The van der Waals surface area contributed by atoms with Gasteiger partial charge in [0.05, 0.1) is 34.0 Å². The SMILES string of the molecule is CCOC(=O)C1=C(C)N=c2sc(=Cc3cc(C)n(-c4sc5c(c4C#N)CCCC5)c3C)c(=O)n2C1c1ccc(C(C)C)cc1. The van der Waals surface area contributed by atoms with Crippen molar-refractivity contribution in [1.29, 1.82) is 5.26 Å². The summed E-state index contributed by atoms with van der Waals surface area (Å²) in [4.78, 5) is 34.0. The highest BCUT2D eigenvalue weighted by Crippen LogP contribution is 2.38. The molecule has 4 heterocycles. The summed E-state index contributed by atoms with van der Waals surface area (Å²) < 4.78 is 9.78. The summed E-state index contributed by atoms with van der Waals surface area (Å²) in [7, 11) is 0. The van der Waals surface area contributed by atoms with Crippen molar-refractivity contribution < 1.29 is 9.53 Å². The van der Waals surface area contributed by atoms with Crippen LogP contribution in [0, 0.1) is 25.2 Å². The van der Waals surface area contributed by atoms with Crippen molar-refractivity contribution >= 4 is 34.7 Å². The van der Waals surface area contributed by atoms with E-state index in [0.29, 0.717) is 26.5 Å². The number of benzene rings is 1. The molecule has 1 aromatic carbocycles. The smallest absolute Gasteiger partial charge is 0.338 e. The standard InChI is InChI=1S/C35H36N4O3S2/c1-7-42-34(41)30-21(5)37-35-39(31(30)24-14-12-23(13-15-24)19(2)3)32(40)29(44-35)17-25-16-20(4)38(22(25)6)33-27(18-36)26-10-8-9-11-28(26)43-33/h12-17,19,31H,7-11H2,1-6H3. The van der Waals surface area contributed by atoms with E-state index in [1.165, 1.54) is 27.3 Å². The normalized spacial score (nSPS) is 16.5. The number of hydrogen-bond acceptors (Lipinski definition) is 7. The van der Waals surface area contributed by atoms with Gasteiger partial charge in [0.2, 0.25) is 0 Å². The lowest BCUT2D eigenvalue weighted by molar-refractivity contribution is -0.139. The second-order valence-electron chi connectivity index (χ2n) is 11.8. The number of aryl methyl sites for hydroxylation is 2. The Labute approximate surface area is 265 Å². The van der Waals surface area contributed by atoms with E-state index in [4.69, 9.17) is 9.73 Å². The molecule has 1 aliphatic carbocycles. The molecule has 0 saturated heterocycles. The molecule has 1 aliphatic heterocycles. The quantitative estimate of drug-likeness (QED) is 0.241. The van der Waals surface area contributed by atoms with Gasteiger partial charge in [0, 0.05) is 16.3 Å². The number of carbonyl (C=O) groups excluding carboxylic acids is 1. The number of aromatic nitrogens is 2. The molecule has 3 aromatic heterocycles. The largest absolute Gasteiger partial charge is 0.463 e. The zero-order valence-electron chi connectivity index (χ0n) is 26.0. The van der Waals surface area contributed by atoms with Crippen LogP contribution in [0.15, 0.2) is 51.4 Å². The molecule has 0 N–H and O–H groups in total. The molecular formula is C35H36N4O3S2. The number of carbonyl (C=O) groups is 1. The lowest BCUT2D eigenvalue weighted by atomic mass is 9.93. The predicted molar refractivity (Wildman–Crippen MR) is 175 cm³/mol. The zero-order valence-corrected chi connectivity index (χ0v) is 27.6. The fraction of sp³-hybridized carbons (Fsp3) is 0.371. The van der Waals surface area contributed by atoms with Crippen LogP contribution in [0.2, 0.25) is 0 Å². The van der Waals surface area contributed by atoms with E-state index in [0.717, 1.165) is 58.8 Å². The molecule has 4 aromatic rings. The van der Waals surface area contributed by atoms with E-state index >= 15 is 0 Å². The minimum atomic E-state index is -0.642. The molecule has 44 heavy (non-hydrogen) atoms. The van der Waals surface area contributed by atoms with Gasteiger partial charge < -0.3 is 9.30 Å². The van der Waals surface area contributed by atoms with Crippen molar-refractivity contribution in [2.24, 2.45) is 4.99 Å². The predicted octanol–water partition coefficient (Wildman–Crippen LogP) is 6.14. The highest BCUT2D eigenvalue weighted by Gasteiger charge is 2.33. The fourth-order valence-electron chi connectivity index (χ4n) is 6.38. The Morgan fingerprint density at radius 1 is 1.16 bits per heavy atom. The van der Waals surface area contributed by atoms with Crippen LogP contribution in [-0.4, -0.2) is 21.7 Å². The van der Waals surface area contributed by atoms with E-state index < -0.39 is 12.0 Å². The first kappa shape index (κ1) is 30.0. The molecular weight excluding hydrogens is 589 g/mol. The molecule has 0 bridgehead atoms. The van der Waals surface area contributed by atoms with Crippen LogP contribution < -0.4 is 14.9 Å². The number of esters is 1. The topological polar surface area (TPSA) is 89.4 Å². The first-order chi connectivity index (χ1) is 21.1. The summed E-state index contributed by atoms with van der Waals surface area (Å²) in [6, 6.07) is 12.0. The summed E-state index contributed by atoms with van der Waals surface area (Å²) in [5, 5.41) is 11.1. The van der Waals surface area contributed by atoms with Crippen LogP contribution in [0.5, 0.6) is 0 Å². The van der Waals surface area contributed by atoms with Gasteiger partial charge in [-0.15, -0.1) is 11.3 Å². The molecule has 0 spiro atoms. The first-order valence-corrected chi connectivity index (χ1v) is 16.8. The number of allylic oxidation sites excluding steroid dienone is 1. The molecule has 2 aliphatic rings. The summed E-state index contributed by atoms with van der Waals surface area (Å²) >= 11 is 3.05. The molecule has 6 rings (SSSR count). The molecule has 0 radical (unpaired) electrons. The van der Waals surface area contributed by atoms with Gasteiger partial charge >= 0.3 is 5.97 Å². The minimum absolute atomic E-state index is 0.199. The van der Waals surface area contributed by atoms with E-state index in [1.54, 1.807) is 29.8 Å². The Morgan fingerprint density at radius 2 is 1.89 bits per heavy atom. The number of ether oxygens (including phenoxy) is 1. The van der Waals surface area contributed by atoms with Gasteiger partial charge in [-0.3, -0.25) is 9.36 Å². The van der Waals surface area contributed by atoms with E-state index in [2.05, 4.69) is 42.7 Å². The van der Waals surface area contributed by atoms with E-state index in [-0.39, 0.29) is 12.2 Å². The van der Waals surface area contributed by atoms with Gasteiger partial charge in [-0.2, -0.15) is 5.26 Å². The molecule has 0 fully saturated rings. The van der Waals surface area contributed by atoms with Gasteiger partial charge in [0.25, 0.3) is 5.56 Å². The highest BCUT2D eigenvalue weighted by molar-refractivity contribution is 7.15. The molecule has 1 unspecified atom stereocenters. The summed E-state index contributed by atoms with van der Waals surface area (Å²) in [5.41, 5.74) is 7.65. The van der Waals surface area contributed by atoms with Crippen LogP contribution in [0.1, 0.15) is 96.6 Å². The molecule has 226 valence electrons. The average molecular weight is 625 g/mol. The van der Waals surface area contributed by atoms with Gasteiger partial charge in [0.1, 0.15) is 11.1 Å². The number of nitrogens with zero attached hydrogens (tertiary/aromatic N) is 4. The molecule has 0 saturated carbocycles. The van der Waals surface area contributed by atoms with Crippen molar-refractivity contribution in [3.63, 3.8) is 0 Å². The van der Waals surface area contributed by atoms with Gasteiger partial charge in [-0.1, -0.05) is 49.4 Å². The third-order valence-electron chi connectivity index (χ3n) is 8.66. The Morgan fingerprint density at radius 3 is 2.57 bits per heavy atom. The molecule has 0 amide bonds. The maximum Gasteiger partial charge on any atom is 0.338 e. The van der Waals surface area contributed by atoms with Crippen molar-refractivity contribution in [2.75, 3.05) is 6.61 Å². The van der Waals surface area contributed by atoms with Crippen molar-refractivity contribution in [3.05, 3.63) is 105 Å². The van der Waals surface area contributed by atoms with Crippen LogP contribution in [0.25, 0.3) is 11.1 Å². The Bertz CT molecular complexity index is 2050. The third-order valence-corrected chi connectivity index (χ3v) is 10.9. The van der Waals surface area contributed by atoms with Crippen molar-refractivity contribution in [1.82, 2.24) is 9.13 Å². The summed E-state index contributed by atoms with van der Waals surface area (Å²) in [6.07, 6.45) is 6.18. The number of fused-ring (bicyclic) bond motifs is 2. The average Bonchev–Trinajstić information content (AvgIpc) is 3.61. The van der Waals surface area contributed by atoms with Crippen LogP contribution >= 0.6 is 22.7 Å². The Kier molecular flexibility index (Phi) is 8.08. The molecule has 9 heteroatoms. The Hall–Kier alpha value is -4.00. The summed E-state index contributed by atoms with van der Waals surface area (Å²) in [6.45, 7) is 12.2. The molecule has 1 atom stereocenters. The second-order valence-corrected chi connectivity index (χ2v) is 13.9. The van der Waals surface area contributed by atoms with Gasteiger partial charge in [0.15, 0.2) is 4.80 Å². The van der Waals surface area contributed by atoms with Crippen LogP contribution in [0.4, 0.5) is 0 Å². The van der Waals surface area contributed by atoms with Crippen molar-refractivity contribution in [3.8, 4) is 11.1 Å². The lowest BCUT2D eigenvalue weighted by Gasteiger charge is -2.25. The number of thiazole rings is 1. The van der Waals surface area contributed by atoms with Crippen LogP contribution in [-0.2, 0) is 22.4 Å². The van der Waals surface area contributed by atoms with Crippen LogP contribution in [0.3, 0.4) is 0 Å². The maximum atomic E-state index is 14.2. The fourth-order valence-corrected chi connectivity index (χ4v) is 8.87. The molecule has 7 nitrogen and oxygen atoms in total. The Balaban J connectivity index is 1.50. The van der Waals surface area contributed by atoms with E-state index in [9.17, 15) is 14.9 Å². The monoisotopic (exact) mass is 624 g/mol. The zero-order chi connectivity index (χ0) is 31.3. The maximum absolute atomic E-state index is 14.2. The van der Waals surface area contributed by atoms with E-state index in [1.807, 2.05) is 32.1 Å². The minimum Gasteiger partial charge on any atom is -0.463 e. The first-order valence-electron chi connectivity index (χ1n) is 15.2. The number of rotatable bonds is 6. The lowest BCUT2D eigenvalue weighted by Crippen LogP contribution is -2.39. The van der Waals surface area contributed by atoms with Crippen molar-refractivity contribution in [2.45, 2.75) is 79.2 Å². The number of thiophene rings is 1. The highest BCUT2D eigenvalue weighted by atomic mass is 32.1. The third kappa shape index (κ3) is 5.00. The van der Waals surface area contributed by atoms with Gasteiger partial charge in [-0.05, 0) is 93.7 Å². The second kappa shape index (κ2) is 11.8. The number of hydrogen-bond donors (Lipinski definition) is 0. The number of nitriles is 1.